The molecule has 1 aromatic heterocycles. The molecule has 0 aliphatic rings. The Morgan fingerprint density at radius 1 is 1.32 bits per heavy atom. The van der Waals surface area contributed by atoms with Crippen molar-refractivity contribution in [3.05, 3.63) is 45.4 Å². The van der Waals surface area contributed by atoms with Gasteiger partial charge in [0.05, 0.1) is 23.9 Å². The standard InChI is InChI=1S/C18H22N2O4S/c1-18(2,3)15-14(25-10-20-15)16(21)19-8-7-11-5-6-12(17(22)23)9-13(11)24-4/h5-6,9-10H,7-8H2,1-4H3,(H,19,21)(H,22,23). The van der Waals surface area contributed by atoms with Crippen molar-refractivity contribution in [2.24, 2.45) is 0 Å². The topological polar surface area (TPSA) is 88.5 Å². The monoisotopic (exact) mass is 362 g/mol. The molecule has 0 atom stereocenters. The average Bonchev–Trinajstić information content (AvgIpc) is 3.04. The van der Waals surface area contributed by atoms with Crippen molar-refractivity contribution in [3.8, 4) is 5.75 Å². The molecule has 2 rings (SSSR count). The highest BCUT2D eigenvalue weighted by Gasteiger charge is 2.24. The van der Waals surface area contributed by atoms with Gasteiger partial charge < -0.3 is 15.2 Å². The van der Waals surface area contributed by atoms with Crippen LogP contribution in [-0.2, 0) is 11.8 Å². The maximum absolute atomic E-state index is 12.4. The number of carbonyl (C=O) groups is 2. The number of carboxylic acids is 1. The van der Waals surface area contributed by atoms with Crippen molar-refractivity contribution < 1.29 is 19.4 Å². The van der Waals surface area contributed by atoms with Crippen LogP contribution in [0.5, 0.6) is 5.75 Å². The molecule has 0 saturated carbocycles. The maximum atomic E-state index is 12.4. The molecule has 0 spiro atoms. The molecular formula is C18H22N2O4S. The molecule has 0 unspecified atom stereocenters. The summed E-state index contributed by atoms with van der Waals surface area (Å²) in [7, 11) is 1.50. The number of aromatic nitrogens is 1. The molecule has 0 aliphatic heterocycles. The van der Waals surface area contributed by atoms with Gasteiger partial charge in [-0.1, -0.05) is 26.8 Å². The summed E-state index contributed by atoms with van der Waals surface area (Å²) >= 11 is 1.33. The number of aromatic carboxylic acids is 1. The smallest absolute Gasteiger partial charge is 0.335 e. The predicted octanol–water partition coefficient (Wildman–Crippen LogP) is 3.12. The van der Waals surface area contributed by atoms with Gasteiger partial charge in [0.2, 0.25) is 0 Å². The second-order valence-electron chi connectivity index (χ2n) is 6.62. The van der Waals surface area contributed by atoms with Crippen molar-refractivity contribution >= 4 is 23.2 Å². The van der Waals surface area contributed by atoms with Gasteiger partial charge in [0, 0.05) is 12.0 Å². The van der Waals surface area contributed by atoms with Crippen LogP contribution in [-0.4, -0.2) is 35.6 Å². The minimum absolute atomic E-state index is 0.145. The van der Waals surface area contributed by atoms with Crippen molar-refractivity contribution in [3.63, 3.8) is 0 Å². The Morgan fingerprint density at radius 3 is 2.64 bits per heavy atom. The first-order valence-corrected chi connectivity index (χ1v) is 8.74. The van der Waals surface area contributed by atoms with Gasteiger partial charge in [0.15, 0.2) is 0 Å². The molecule has 2 N–H and O–H groups in total. The van der Waals surface area contributed by atoms with Crippen LogP contribution in [0.25, 0.3) is 0 Å². The number of carbonyl (C=O) groups excluding carboxylic acids is 1. The lowest BCUT2D eigenvalue weighted by Crippen LogP contribution is -2.28. The van der Waals surface area contributed by atoms with Gasteiger partial charge in [-0.25, -0.2) is 9.78 Å². The molecule has 1 heterocycles. The fourth-order valence-electron chi connectivity index (χ4n) is 2.42. The molecule has 7 heteroatoms. The second kappa shape index (κ2) is 7.65. The van der Waals surface area contributed by atoms with E-state index < -0.39 is 5.97 Å². The highest BCUT2D eigenvalue weighted by Crippen LogP contribution is 2.27. The molecule has 0 fully saturated rings. The average molecular weight is 362 g/mol. The van der Waals surface area contributed by atoms with Crippen LogP contribution in [0.4, 0.5) is 0 Å². The summed E-state index contributed by atoms with van der Waals surface area (Å²) in [5.74, 6) is -0.645. The molecule has 134 valence electrons. The Labute approximate surface area is 150 Å². The van der Waals surface area contributed by atoms with E-state index >= 15 is 0 Å². The number of nitrogens with one attached hydrogen (secondary N) is 1. The SMILES string of the molecule is COc1cc(C(=O)O)ccc1CCNC(=O)c1scnc1C(C)(C)C. The van der Waals surface area contributed by atoms with Crippen LogP contribution in [0, 0.1) is 0 Å². The minimum Gasteiger partial charge on any atom is -0.496 e. The zero-order valence-electron chi connectivity index (χ0n) is 14.8. The zero-order chi connectivity index (χ0) is 18.6. The molecular weight excluding hydrogens is 340 g/mol. The van der Waals surface area contributed by atoms with Crippen LogP contribution >= 0.6 is 11.3 Å². The number of carboxylic acid groups (broad SMARTS) is 1. The van der Waals surface area contributed by atoms with Crippen LogP contribution in [0.15, 0.2) is 23.7 Å². The number of thiazole rings is 1. The van der Waals surface area contributed by atoms with Gasteiger partial charge in [-0.3, -0.25) is 4.79 Å². The lowest BCUT2D eigenvalue weighted by Gasteiger charge is -2.17. The van der Waals surface area contributed by atoms with Crippen LogP contribution in [0.3, 0.4) is 0 Å². The zero-order valence-corrected chi connectivity index (χ0v) is 15.6. The molecule has 0 bridgehead atoms. The number of nitrogens with zero attached hydrogens (tertiary/aromatic N) is 1. The van der Waals surface area contributed by atoms with Crippen molar-refractivity contribution in [1.29, 1.82) is 0 Å². The maximum Gasteiger partial charge on any atom is 0.335 e. The van der Waals surface area contributed by atoms with E-state index in [1.807, 2.05) is 20.8 Å². The largest absolute Gasteiger partial charge is 0.496 e. The number of rotatable bonds is 6. The first-order valence-electron chi connectivity index (χ1n) is 7.86. The van der Waals surface area contributed by atoms with Gasteiger partial charge in [-0.2, -0.15) is 0 Å². The van der Waals surface area contributed by atoms with Crippen molar-refractivity contribution in [2.75, 3.05) is 13.7 Å². The van der Waals surface area contributed by atoms with Crippen molar-refractivity contribution in [1.82, 2.24) is 10.3 Å². The lowest BCUT2D eigenvalue weighted by atomic mass is 9.91. The minimum atomic E-state index is -1.00. The fraction of sp³-hybridized carbons (Fsp3) is 0.389. The summed E-state index contributed by atoms with van der Waals surface area (Å²) < 4.78 is 5.25. The Kier molecular flexibility index (Phi) is 5.79. The van der Waals surface area contributed by atoms with E-state index in [4.69, 9.17) is 9.84 Å². The van der Waals surface area contributed by atoms with E-state index in [-0.39, 0.29) is 16.9 Å². The van der Waals surface area contributed by atoms with Gasteiger partial charge in [0.1, 0.15) is 10.6 Å². The van der Waals surface area contributed by atoms with E-state index in [0.29, 0.717) is 23.6 Å². The Balaban J connectivity index is 2.03. The van der Waals surface area contributed by atoms with Crippen LogP contribution in [0.1, 0.15) is 52.1 Å². The number of amides is 1. The summed E-state index contributed by atoms with van der Waals surface area (Å²) in [6.45, 7) is 6.48. The summed E-state index contributed by atoms with van der Waals surface area (Å²) in [6.07, 6.45) is 0.540. The third kappa shape index (κ3) is 4.57. The third-order valence-electron chi connectivity index (χ3n) is 3.70. The molecule has 0 aliphatic carbocycles. The molecule has 6 nitrogen and oxygen atoms in total. The van der Waals surface area contributed by atoms with E-state index in [2.05, 4.69) is 10.3 Å². The van der Waals surface area contributed by atoms with E-state index in [1.165, 1.54) is 30.6 Å². The lowest BCUT2D eigenvalue weighted by molar-refractivity contribution is 0.0696. The summed E-state index contributed by atoms with van der Waals surface area (Å²) in [4.78, 5) is 28.4. The number of benzene rings is 1. The normalized spacial score (nSPS) is 11.2. The van der Waals surface area contributed by atoms with Crippen LogP contribution in [0.2, 0.25) is 0 Å². The first kappa shape index (κ1) is 18.9. The van der Waals surface area contributed by atoms with Gasteiger partial charge in [-0.15, -0.1) is 11.3 Å². The molecule has 25 heavy (non-hydrogen) atoms. The quantitative estimate of drug-likeness (QED) is 0.824. The van der Waals surface area contributed by atoms with Crippen molar-refractivity contribution in [2.45, 2.75) is 32.6 Å². The Hall–Kier alpha value is -2.41. The Morgan fingerprint density at radius 2 is 2.04 bits per heavy atom. The summed E-state index contributed by atoms with van der Waals surface area (Å²) in [5.41, 5.74) is 3.29. The third-order valence-corrected chi connectivity index (χ3v) is 4.52. The first-order chi connectivity index (χ1) is 11.7. The molecule has 2 aromatic rings. The number of hydrogen-bond acceptors (Lipinski definition) is 5. The molecule has 1 aromatic carbocycles. The summed E-state index contributed by atoms with van der Waals surface area (Å²) in [6, 6.07) is 4.73. The fourth-order valence-corrected chi connectivity index (χ4v) is 3.33. The molecule has 1 amide bonds. The number of methoxy groups -OCH3 is 1. The van der Waals surface area contributed by atoms with E-state index in [9.17, 15) is 9.59 Å². The van der Waals surface area contributed by atoms with E-state index in [1.54, 1.807) is 11.6 Å². The highest BCUT2D eigenvalue weighted by molar-refractivity contribution is 7.11. The Bertz CT molecular complexity index is 778. The second-order valence-corrected chi connectivity index (χ2v) is 7.47. The van der Waals surface area contributed by atoms with Crippen LogP contribution < -0.4 is 10.1 Å². The summed E-state index contributed by atoms with van der Waals surface area (Å²) in [5, 5.41) is 11.9. The van der Waals surface area contributed by atoms with Gasteiger partial charge in [0.25, 0.3) is 5.91 Å². The predicted molar refractivity (Wildman–Crippen MR) is 96.8 cm³/mol. The molecule has 0 radical (unpaired) electrons. The van der Waals surface area contributed by atoms with Gasteiger partial charge >= 0.3 is 5.97 Å². The van der Waals surface area contributed by atoms with Gasteiger partial charge in [-0.05, 0) is 24.1 Å². The van der Waals surface area contributed by atoms with E-state index in [0.717, 1.165) is 11.3 Å². The number of ether oxygens (including phenoxy) is 1. The highest BCUT2D eigenvalue weighted by atomic mass is 32.1. The number of hydrogen-bond donors (Lipinski definition) is 2. The molecule has 0 saturated heterocycles.